The summed E-state index contributed by atoms with van der Waals surface area (Å²) in [6.07, 6.45) is 0. The minimum Gasteiger partial charge on any atom is -0.333 e. The lowest BCUT2D eigenvalue weighted by atomic mass is 10.1. The Morgan fingerprint density at radius 3 is 2.42 bits per heavy atom. The van der Waals surface area contributed by atoms with E-state index in [9.17, 15) is 9.59 Å². The quantitative estimate of drug-likeness (QED) is 0.910. The molecule has 6 heteroatoms. The Bertz CT molecular complexity index is 849. The molecule has 1 N–H and O–H groups in total. The van der Waals surface area contributed by atoms with Gasteiger partial charge in [-0.1, -0.05) is 26.0 Å². The van der Waals surface area contributed by atoms with E-state index in [1.807, 2.05) is 45.9 Å². The van der Waals surface area contributed by atoms with E-state index in [0.717, 1.165) is 0 Å². The largest absolute Gasteiger partial charge is 0.333 e. The number of amides is 2. The average molecular weight is 358 g/mol. The van der Waals surface area contributed by atoms with Gasteiger partial charge < -0.3 is 10.2 Å². The molecule has 0 saturated heterocycles. The highest BCUT2D eigenvalue weighted by molar-refractivity contribution is 5.78. The molecule has 6 nitrogen and oxygen atoms in total. The van der Waals surface area contributed by atoms with Crippen LogP contribution in [0.15, 0.2) is 29.1 Å². The molecule has 1 heterocycles. The number of fused-ring (bicyclic) bond motifs is 1. The van der Waals surface area contributed by atoms with Crippen molar-refractivity contribution < 1.29 is 4.79 Å². The van der Waals surface area contributed by atoms with Gasteiger partial charge in [0.2, 0.25) is 0 Å². The van der Waals surface area contributed by atoms with Gasteiger partial charge in [0, 0.05) is 19.1 Å². The number of benzene rings is 1. The smallest absolute Gasteiger partial charge is 0.318 e. The van der Waals surface area contributed by atoms with Crippen LogP contribution >= 0.6 is 0 Å². The van der Waals surface area contributed by atoms with Crippen LogP contribution in [0.25, 0.3) is 10.9 Å². The zero-order valence-electron chi connectivity index (χ0n) is 16.8. The number of carbonyl (C=O) groups is 1. The highest BCUT2D eigenvalue weighted by Gasteiger charge is 2.28. The second kappa shape index (κ2) is 7.48. The summed E-state index contributed by atoms with van der Waals surface area (Å²) in [5.41, 5.74) is 0.214. The molecule has 1 aromatic heterocycles. The number of rotatable bonds is 4. The van der Waals surface area contributed by atoms with Crippen LogP contribution in [0.1, 0.15) is 53.4 Å². The number of urea groups is 1. The van der Waals surface area contributed by atoms with Gasteiger partial charge in [-0.05, 0) is 45.7 Å². The molecule has 0 bridgehead atoms. The maximum absolute atomic E-state index is 12.9. The Morgan fingerprint density at radius 1 is 1.23 bits per heavy atom. The first-order valence-electron chi connectivity index (χ1n) is 9.05. The molecule has 0 aliphatic carbocycles. The number of para-hydroxylation sites is 1. The van der Waals surface area contributed by atoms with Crippen molar-refractivity contribution in [1.82, 2.24) is 19.8 Å². The number of nitrogens with one attached hydrogen (secondary N) is 1. The Morgan fingerprint density at radius 2 is 1.85 bits per heavy atom. The lowest BCUT2D eigenvalue weighted by Crippen LogP contribution is -2.50. The van der Waals surface area contributed by atoms with E-state index in [2.05, 4.69) is 24.1 Å². The first kappa shape index (κ1) is 19.9. The maximum atomic E-state index is 12.9. The van der Waals surface area contributed by atoms with Crippen LogP contribution in [0.2, 0.25) is 0 Å². The first-order valence-corrected chi connectivity index (χ1v) is 9.05. The number of aromatic nitrogens is 2. The van der Waals surface area contributed by atoms with Crippen molar-refractivity contribution >= 4 is 16.9 Å². The molecule has 142 valence electrons. The Hall–Kier alpha value is -2.37. The molecule has 0 aliphatic rings. The van der Waals surface area contributed by atoms with E-state index in [4.69, 9.17) is 0 Å². The van der Waals surface area contributed by atoms with Gasteiger partial charge in [0.25, 0.3) is 5.56 Å². The van der Waals surface area contributed by atoms with Crippen molar-refractivity contribution in [2.45, 2.75) is 53.1 Å². The molecule has 1 unspecified atom stereocenters. The minimum absolute atomic E-state index is 0.0989. The van der Waals surface area contributed by atoms with Crippen molar-refractivity contribution in [3.8, 4) is 0 Å². The summed E-state index contributed by atoms with van der Waals surface area (Å²) in [7, 11) is 1.71. The fourth-order valence-electron chi connectivity index (χ4n) is 2.95. The zero-order chi connectivity index (χ0) is 19.6. The van der Waals surface area contributed by atoms with Crippen molar-refractivity contribution in [3.63, 3.8) is 0 Å². The lowest BCUT2D eigenvalue weighted by molar-refractivity contribution is 0.158. The molecular weight excluding hydrogens is 328 g/mol. The molecule has 0 aliphatic heterocycles. The van der Waals surface area contributed by atoms with E-state index in [1.165, 1.54) is 0 Å². The third-order valence-electron chi connectivity index (χ3n) is 4.16. The highest BCUT2D eigenvalue weighted by Crippen LogP contribution is 2.21. The van der Waals surface area contributed by atoms with E-state index >= 15 is 0 Å². The van der Waals surface area contributed by atoms with Gasteiger partial charge in [-0.25, -0.2) is 9.78 Å². The Kier molecular flexibility index (Phi) is 5.74. The van der Waals surface area contributed by atoms with Gasteiger partial charge in [0.1, 0.15) is 5.82 Å². The van der Waals surface area contributed by atoms with Crippen LogP contribution in [0, 0.1) is 5.92 Å². The van der Waals surface area contributed by atoms with Crippen LogP contribution in [-0.2, 0) is 7.05 Å². The third kappa shape index (κ3) is 4.42. The number of carbonyl (C=O) groups excluding carboxylic acids is 1. The molecule has 0 saturated carbocycles. The van der Waals surface area contributed by atoms with Gasteiger partial charge in [-0.2, -0.15) is 0 Å². The van der Waals surface area contributed by atoms with Gasteiger partial charge in [0.05, 0.1) is 16.9 Å². The molecule has 1 aromatic carbocycles. The molecule has 2 rings (SSSR count). The van der Waals surface area contributed by atoms with Gasteiger partial charge in [-0.3, -0.25) is 9.36 Å². The van der Waals surface area contributed by atoms with Crippen LogP contribution in [0.5, 0.6) is 0 Å². The Balaban J connectivity index is 2.49. The predicted octanol–water partition coefficient (Wildman–Crippen LogP) is 3.46. The van der Waals surface area contributed by atoms with Gasteiger partial charge in [0.15, 0.2) is 0 Å². The fraction of sp³-hybridized carbons (Fsp3) is 0.550. The summed E-state index contributed by atoms with van der Waals surface area (Å²) in [6.45, 7) is 12.5. The van der Waals surface area contributed by atoms with Crippen LogP contribution < -0.4 is 10.9 Å². The van der Waals surface area contributed by atoms with Crippen LogP contribution in [0.4, 0.5) is 4.79 Å². The molecule has 2 amide bonds. The van der Waals surface area contributed by atoms with E-state index < -0.39 is 0 Å². The average Bonchev–Trinajstić information content (AvgIpc) is 2.53. The molecule has 0 radical (unpaired) electrons. The standard InChI is InChI=1S/C20H30N4O2/c1-13(2)12-24(19(26)22-20(4,5)6)14(3)17-21-16-11-9-8-10-15(16)18(25)23(17)7/h8-11,13-14H,12H2,1-7H3,(H,22,26). The summed E-state index contributed by atoms with van der Waals surface area (Å²) < 4.78 is 1.55. The molecule has 0 fully saturated rings. The monoisotopic (exact) mass is 358 g/mol. The van der Waals surface area contributed by atoms with Gasteiger partial charge >= 0.3 is 6.03 Å². The highest BCUT2D eigenvalue weighted by atomic mass is 16.2. The third-order valence-corrected chi connectivity index (χ3v) is 4.16. The topological polar surface area (TPSA) is 67.2 Å². The first-order chi connectivity index (χ1) is 12.0. The second-order valence-electron chi connectivity index (χ2n) is 8.25. The number of nitrogens with zero attached hydrogens (tertiary/aromatic N) is 3. The van der Waals surface area contributed by atoms with Crippen molar-refractivity contribution in [1.29, 1.82) is 0 Å². The molecule has 26 heavy (non-hydrogen) atoms. The Labute approximate surface area is 155 Å². The molecular formula is C20H30N4O2. The summed E-state index contributed by atoms with van der Waals surface area (Å²) in [6, 6.07) is 6.81. The normalized spacial score (nSPS) is 13.1. The summed E-state index contributed by atoms with van der Waals surface area (Å²) in [4.78, 5) is 32.0. The van der Waals surface area contributed by atoms with E-state index in [0.29, 0.717) is 29.2 Å². The lowest BCUT2D eigenvalue weighted by Gasteiger charge is -2.34. The van der Waals surface area contributed by atoms with Crippen LogP contribution in [-0.4, -0.2) is 32.6 Å². The SMILES string of the molecule is CC(C)CN(C(=O)NC(C)(C)C)C(C)c1nc2ccccc2c(=O)n1C. The fourth-order valence-corrected chi connectivity index (χ4v) is 2.95. The second-order valence-corrected chi connectivity index (χ2v) is 8.25. The predicted molar refractivity (Wildman–Crippen MR) is 105 cm³/mol. The van der Waals surface area contributed by atoms with E-state index in [1.54, 1.807) is 22.6 Å². The van der Waals surface area contributed by atoms with Crippen LogP contribution in [0.3, 0.4) is 0 Å². The van der Waals surface area contributed by atoms with Gasteiger partial charge in [-0.15, -0.1) is 0 Å². The molecule has 2 aromatic rings. The summed E-state index contributed by atoms with van der Waals surface area (Å²) >= 11 is 0. The molecule has 1 atom stereocenters. The number of hydrogen-bond acceptors (Lipinski definition) is 3. The summed E-state index contributed by atoms with van der Waals surface area (Å²) in [5.74, 6) is 0.874. The minimum atomic E-state index is -0.339. The molecule has 0 spiro atoms. The number of hydrogen-bond donors (Lipinski definition) is 1. The van der Waals surface area contributed by atoms with Crippen molar-refractivity contribution in [2.24, 2.45) is 13.0 Å². The zero-order valence-corrected chi connectivity index (χ0v) is 16.8. The maximum Gasteiger partial charge on any atom is 0.318 e. The van der Waals surface area contributed by atoms with Crippen molar-refractivity contribution in [3.05, 3.63) is 40.4 Å². The van der Waals surface area contributed by atoms with E-state index in [-0.39, 0.29) is 23.2 Å². The van der Waals surface area contributed by atoms with Crippen molar-refractivity contribution in [2.75, 3.05) is 6.54 Å². The summed E-state index contributed by atoms with van der Waals surface area (Å²) in [5, 5.41) is 3.60.